The van der Waals surface area contributed by atoms with Gasteiger partial charge in [-0.1, -0.05) is 25.1 Å². The molecule has 0 aliphatic rings. The standard InChI is InChI=1S/C17H19BrFNO/c1-3-11-20-12(2)17-14(19)8-6-10-16(17)21-15-9-5-4-7-13(15)18/h4-10,12,20H,3,11H2,1-2H3. The molecule has 2 aromatic rings. The molecule has 0 amide bonds. The van der Waals surface area contributed by atoms with Crippen LogP contribution in [0.3, 0.4) is 0 Å². The van der Waals surface area contributed by atoms with Gasteiger partial charge in [0, 0.05) is 11.6 Å². The third-order valence-corrected chi connectivity index (χ3v) is 3.86. The van der Waals surface area contributed by atoms with Crippen LogP contribution in [0.15, 0.2) is 46.9 Å². The Morgan fingerprint density at radius 2 is 1.86 bits per heavy atom. The number of rotatable bonds is 6. The van der Waals surface area contributed by atoms with Gasteiger partial charge in [0.25, 0.3) is 0 Å². The molecular weight excluding hydrogens is 333 g/mol. The molecule has 1 N–H and O–H groups in total. The SMILES string of the molecule is CCCNC(C)c1c(F)cccc1Oc1ccccc1Br. The fourth-order valence-electron chi connectivity index (χ4n) is 2.14. The number of benzene rings is 2. The Hall–Kier alpha value is -1.39. The summed E-state index contributed by atoms with van der Waals surface area (Å²) in [7, 11) is 0. The highest BCUT2D eigenvalue weighted by atomic mass is 79.9. The fourth-order valence-corrected chi connectivity index (χ4v) is 2.50. The molecule has 2 nitrogen and oxygen atoms in total. The maximum Gasteiger partial charge on any atom is 0.141 e. The van der Waals surface area contributed by atoms with E-state index >= 15 is 0 Å². The van der Waals surface area contributed by atoms with E-state index in [4.69, 9.17) is 4.74 Å². The van der Waals surface area contributed by atoms with Gasteiger partial charge in [0.15, 0.2) is 0 Å². The molecule has 0 saturated carbocycles. The smallest absolute Gasteiger partial charge is 0.141 e. The van der Waals surface area contributed by atoms with Crippen LogP contribution < -0.4 is 10.1 Å². The van der Waals surface area contributed by atoms with Crippen molar-refractivity contribution in [2.24, 2.45) is 0 Å². The van der Waals surface area contributed by atoms with Crippen molar-refractivity contribution < 1.29 is 9.13 Å². The molecule has 2 aromatic carbocycles. The zero-order valence-corrected chi connectivity index (χ0v) is 13.8. The summed E-state index contributed by atoms with van der Waals surface area (Å²) in [5.41, 5.74) is 0.557. The van der Waals surface area contributed by atoms with Crippen molar-refractivity contribution in [1.82, 2.24) is 5.32 Å². The number of hydrogen-bond acceptors (Lipinski definition) is 2. The molecule has 0 saturated heterocycles. The van der Waals surface area contributed by atoms with Crippen molar-refractivity contribution in [3.63, 3.8) is 0 Å². The van der Waals surface area contributed by atoms with E-state index in [0.717, 1.165) is 17.4 Å². The van der Waals surface area contributed by atoms with Crippen LogP contribution in [0.4, 0.5) is 4.39 Å². The molecule has 0 aromatic heterocycles. The van der Waals surface area contributed by atoms with Crippen LogP contribution in [-0.2, 0) is 0 Å². The van der Waals surface area contributed by atoms with E-state index in [-0.39, 0.29) is 11.9 Å². The number of para-hydroxylation sites is 1. The van der Waals surface area contributed by atoms with Gasteiger partial charge < -0.3 is 10.1 Å². The van der Waals surface area contributed by atoms with Gasteiger partial charge in [0.05, 0.1) is 4.47 Å². The van der Waals surface area contributed by atoms with E-state index < -0.39 is 0 Å². The minimum Gasteiger partial charge on any atom is -0.456 e. The lowest BCUT2D eigenvalue weighted by molar-refractivity contribution is 0.443. The van der Waals surface area contributed by atoms with E-state index in [2.05, 4.69) is 28.2 Å². The Labute approximate surface area is 133 Å². The Morgan fingerprint density at radius 1 is 1.14 bits per heavy atom. The van der Waals surface area contributed by atoms with Crippen molar-refractivity contribution >= 4 is 15.9 Å². The number of nitrogens with one attached hydrogen (secondary N) is 1. The van der Waals surface area contributed by atoms with Crippen molar-refractivity contribution in [1.29, 1.82) is 0 Å². The highest BCUT2D eigenvalue weighted by molar-refractivity contribution is 9.10. The zero-order valence-electron chi connectivity index (χ0n) is 12.2. The normalized spacial score (nSPS) is 12.2. The van der Waals surface area contributed by atoms with Crippen molar-refractivity contribution in [2.75, 3.05) is 6.54 Å². The largest absolute Gasteiger partial charge is 0.456 e. The quantitative estimate of drug-likeness (QED) is 0.747. The third-order valence-electron chi connectivity index (χ3n) is 3.20. The van der Waals surface area contributed by atoms with E-state index in [1.54, 1.807) is 12.1 Å². The summed E-state index contributed by atoms with van der Waals surface area (Å²) < 4.78 is 20.9. The second kappa shape index (κ2) is 7.57. The van der Waals surface area contributed by atoms with Gasteiger partial charge in [-0.25, -0.2) is 4.39 Å². The van der Waals surface area contributed by atoms with Crippen molar-refractivity contribution in [2.45, 2.75) is 26.3 Å². The molecule has 1 unspecified atom stereocenters. The first-order chi connectivity index (χ1) is 10.1. The zero-order chi connectivity index (χ0) is 15.2. The van der Waals surface area contributed by atoms with Crippen molar-refractivity contribution in [3.05, 3.63) is 58.3 Å². The predicted molar refractivity (Wildman–Crippen MR) is 87.3 cm³/mol. The van der Waals surface area contributed by atoms with Gasteiger partial charge in [0.2, 0.25) is 0 Å². The van der Waals surface area contributed by atoms with Gasteiger partial charge in [0.1, 0.15) is 17.3 Å². The summed E-state index contributed by atoms with van der Waals surface area (Å²) in [5.74, 6) is 0.959. The summed E-state index contributed by atoms with van der Waals surface area (Å²) >= 11 is 3.44. The Morgan fingerprint density at radius 3 is 2.57 bits per heavy atom. The first kappa shape index (κ1) is 16.0. The molecule has 0 radical (unpaired) electrons. The number of ether oxygens (including phenoxy) is 1. The lowest BCUT2D eigenvalue weighted by atomic mass is 10.1. The van der Waals surface area contributed by atoms with Crippen LogP contribution in [0.25, 0.3) is 0 Å². The summed E-state index contributed by atoms with van der Waals surface area (Å²) in [5, 5.41) is 3.30. The highest BCUT2D eigenvalue weighted by Gasteiger charge is 2.17. The van der Waals surface area contributed by atoms with Crippen LogP contribution >= 0.6 is 15.9 Å². The summed E-state index contributed by atoms with van der Waals surface area (Å²) in [6.45, 7) is 4.87. The first-order valence-electron chi connectivity index (χ1n) is 7.07. The van der Waals surface area contributed by atoms with Crippen LogP contribution in [-0.4, -0.2) is 6.54 Å². The van der Waals surface area contributed by atoms with Crippen molar-refractivity contribution in [3.8, 4) is 11.5 Å². The van der Waals surface area contributed by atoms with Gasteiger partial charge in [-0.3, -0.25) is 0 Å². The van der Waals surface area contributed by atoms with Gasteiger partial charge in [-0.05, 0) is 60.1 Å². The molecule has 1 atom stereocenters. The molecule has 0 fully saturated rings. The van der Waals surface area contributed by atoms with E-state index in [0.29, 0.717) is 17.1 Å². The van der Waals surface area contributed by atoms with Gasteiger partial charge >= 0.3 is 0 Å². The minimum atomic E-state index is -0.254. The average Bonchev–Trinajstić information content (AvgIpc) is 2.47. The molecule has 2 rings (SSSR count). The summed E-state index contributed by atoms with van der Waals surface area (Å²) in [6, 6.07) is 12.4. The van der Waals surface area contributed by atoms with E-state index in [9.17, 15) is 4.39 Å². The van der Waals surface area contributed by atoms with Crippen LogP contribution in [0.2, 0.25) is 0 Å². The molecular formula is C17H19BrFNO. The van der Waals surface area contributed by atoms with Gasteiger partial charge in [-0.2, -0.15) is 0 Å². The second-order valence-corrected chi connectivity index (χ2v) is 5.71. The Kier molecular flexibility index (Phi) is 5.76. The van der Waals surface area contributed by atoms with E-state index in [1.165, 1.54) is 6.07 Å². The summed E-state index contributed by atoms with van der Waals surface area (Å²) in [6.07, 6.45) is 0.999. The fraction of sp³-hybridized carbons (Fsp3) is 0.294. The van der Waals surface area contributed by atoms with Crippen LogP contribution in [0.5, 0.6) is 11.5 Å². The molecule has 0 heterocycles. The molecule has 4 heteroatoms. The number of halogens is 2. The topological polar surface area (TPSA) is 21.3 Å². The average molecular weight is 352 g/mol. The second-order valence-electron chi connectivity index (χ2n) is 4.86. The molecule has 21 heavy (non-hydrogen) atoms. The maximum atomic E-state index is 14.2. The maximum absolute atomic E-state index is 14.2. The molecule has 0 bridgehead atoms. The third kappa shape index (κ3) is 4.05. The minimum absolute atomic E-state index is 0.108. The van der Waals surface area contributed by atoms with Crippen LogP contribution in [0, 0.1) is 5.82 Å². The predicted octanol–water partition coefficient (Wildman–Crippen LogP) is 5.44. The van der Waals surface area contributed by atoms with Gasteiger partial charge in [-0.15, -0.1) is 0 Å². The highest BCUT2D eigenvalue weighted by Crippen LogP contribution is 2.34. The molecule has 0 aliphatic heterocycles. The molecule has 0 aliphatic carbocycles. The van der Waals surface area contributed by atoms with Crippen LogP contribution in [0.1, 0.15) is 31.9 Å². The molecule has 112 valence electrons. The first-order valence-corrected chi connectivity index (χ1v) is 7.87. The van der Waals surface area contributed by atoms with E-state index in [1.807, 2.05) is 31.2 Å². The lowest BCUT2D eigenvalue weighted by Gasteiger charge is -2.19. The lowest BCUT2D eigenvalue weighted by Crippen LogP contribution is -2.20. The Balaban J connectivity index is 2.31. The monoisotopic (exact) mass is 351 g/mol. The summed E-state index contributed by atoms with van der Waals surface area (Å²) in [4.78, 5) is 0. The Bertz CT molecular complexity index is 603. The molecule has 0 spiro atoms. The number of hydrogen-bond donors (Lipinski definition) is 1.